The summed E-state index contributed by atoms with van der Waals surface area (Å²) in [7, 11) is 0. The molecule has 4 unspecified atom stereocenters. The lowest BCUT2D eigenvalue weighted by atomic mass is 9.74. The molecule has 0 spiro atoms. The number of hydrogen-bond donors (Lipinski definition) is 0. The van der Waals surface area contributed by atoms with Gasteiger partial charge < -0.3 is 0 Å². The van der Waals surface area contributed by atoms with Crippen molar-refractivity contribution in [1.29, 1.82) is 0 Å². The van der Waals surface area contributed by atoms with Gasteiger partial charge in [0.15, 0.2) is 0 Å². The van der Waals surface area contributed by atoms with Crippen LogP contribution >= 0.6 is 0 Å². The molecule has 0 amide bonds. The van der Waals surface area contributed by atoms with Crippen LogP contribution in [0.2, 0.25) is 0 Å². The molecule has 4 atom stereocenters. The zero-order valence-electron chi connectivity index (χ0n) is 10.1. The molecule has 0 aromatic heterocycles. The first-order valence-electron chi connectivity index (χ1n) is 5.87. The normalized spacial score (nSPS) is 18.7. The molecule has 0 aromatic rings. The molecule has 0 aliphatic heterocycles. The van der Waals surface area contributed by atoms with Crippen LogP contribution in [0.5, 0.6) is 0 Å². The third-order valence-corrected chi connectivity index (χ3v) is 3.57. The molecule has 0 aromatic carbocycles. The van der Waals surface area contributed by atoms with Crippen molar-refractivity contribution in [3.05, 3.63) is 6.92 Å². The average Bonchev–Trinajstić information content (AvgIpc) is 2.11. The van der Waals surface area contributed by atoms with Crippen LogP contribution in [0.25, 0.3) is 0 Å². The van der Waals surface area contributed by atoms with Gasteiger partial charge in [-0.3, -0.25) is 0 Å². The lowest BCUT2D eigenvalue weighted by Crippen LogP contribution is -2.23. The Morgan fingerprint density at radius 2 is 1.62 bits per heavy atom. The van der Waals surface area contributed by atoms with Crippen LogP contribution in [-0.2, 0) is 0 Å². The van der Waals surface area contributed by atoms with E-state index >= 15 is 0 Å². The smallest absolute Gasteiger partial charge is 0.0360 e. The Morgan fingerprint density at radius 1 is 1.08 bits per heavy atom. The monoisotopic (exact) mass is 183 g/mol. The highest BCUT2D eigenvalue weighted by molar-refractivity contribution is 4.76. The molecule has 0 saturated carbocycles. The van der Waals surface area contributed by atoms with Gasteiger partial charge in [-0.05, 0) is 23.7 Å². The zero-order chi connectivity index (χ0) is 10.4. The molecule has 0 saturated heterocycles. The average molecular weight is 183 g/mol. The summed E-state index contributed by atoms with van der Waals surface area (Å²) >= 11 is 0. The van der Waals surface area contributed by atoms with E-state index in [9.17, 15) is 0 Å². The van der Waals surface area contributed by atoms with Crippen LogP contribution in [0.1, 0.15) is 53.9 Å². The Bertz CT molecular complexity index is 115. The summed E-state index contributed by atoms with van der Waals surface area (Å²) in [4.78, 5) is 0. The van der Waals surface area contributed by atoms with Crippen LogP contribution < -0.4 is 0 Å². The fraction of sp³-hybridized carbons (Fsp3) is 0.923. The number of hydrogen-bond acceptors (Lipinski definition) is 0. The van der Waals surface area contributed by atoms with E-state index in [1.807, 2.05) is 0 Å². The SMILES string of the molecule is [CH2]C(C)C(C)C(CCC)C(C)CC. The van der Waals surface area contributed by atoms with Crippen molar-refractivity contribution < 1.29 is 0 Å². The van der Waals surface area contributed by atoms with Gasteiger partial charge in [0.1, 0.15) is 0 Å². The van der Waals surface area contributed by atoms with Crippen molar-refractivity contribution in [3.63, 3.8) is 0 Å². The van der Waals surface area contributed by atoms with Gasteiger partial charge in [-0.1, -0.05) is 60.8 Å². The minimum atomic E-state index is 0.588. The Kier molecular flexibility index (Phi) is 6.45. The first-order chi connectivity index (χ1) is 6.04. The summed E-state index contributed by atoms with van der Waals surface area (Å²) < 4.78 is 0. The van der Waals surface area contributed by atoms with E-state index in [-0.39, 0.29) is 0 Å². The van der Waals surface area contributed by atoms with Gasteiger partial charge in [0.25, 0.3) is 0 Å². The fourth-order valence-electron chi connectivity index (χ4n) is 2.12. The van der Waals surface area contributed by atoms with Gasteiger partial charge in [0, 0.05) is 0 Å². The maximum absolute atomic E-state index is 4.16. The molecule has 0 heterocycles. The summed E-state index contributed by atoms with van der Waals surface area (Å²) in [5, 5.41) is 0. The highest BCUT2D eigenvalue weighted by atomic mass is 14.3. The second-order valence-electron chi connectivity index (χ2n) is 4.67. The quantitative estimate of drug-likeness (QED) is 0.566. The molecule has 1 radical (unpaired) electrons. The van der Waals surface area contributed by atoms with Gasteiger partial charge in [0.05, 0.1) is 0 Å². The lowest BCUT2D eigenvalue weighted by molar-refractivity contribution is 0.197. The van der Waals surface area contributed by atoms with Crippen molar-refractivity contribution >= 4 is 0 Å². The third-order valence-electron chi connectivity index (χ3n) is 3.57. The van der Waals surface area contributed by atoms with E-state index in [4.69, 9.17) is 0 Å². The maximum Gasteiger partial charge on any atom is -0.0360 e. The molecule has 0 fully saturated rings. The summed E-state index contributed by atoms with van der Waals surface area (Å²) in [6, 6.07) is 0. The molecule has 79 valence electrons. The molecule has 13 heavy (non-hydrogen) atoms. The van der Waals surface area contributed by atoms with Crippen LogP contribution in [0, 0.1) is 30.6 Å². The van der Waals surface area contributed by atoms with Gasteiger partial charge in [-0.25, -0.2) is 0 Å². The van der Waals surface area contributed by atoms with Gasteiger partial charge in [-0.15, -0.1) is 0 Å². The van der Waals surface area contributed by atoms with E-state index in [0.29, 0.717) is 5.92 Å². The van der Waals surface area contributed by atoms with E-state index in [0.717, 1.165) is 17.8 Å². The molecule has 0 aliphatic carbocycles. The first kappa shape index (κ1) is 13.0. The largest absolute Gasteiger partial charge is 0.0654 e. The van der Waals surface area contributed by atoms with Crippen molar-refractivity contribution in [2.24, 2.45) is 23.7 Å². The van der Waals surface area contributed by atoms with Crippen LogP contribution in [-0.4, -0.2) is 0 Å². The second-order valence-corrected chi connectivity index (χ2v) is 4.67. The Hall–Kier alpha value is 0. The lowest BCUT2D eigenvalue weighted by Gasteiger charge is -2.31. The van der Waals surface area contributed by atoms with E-state index in [1.165, 1.54) is 19.3 Å². The highest BCUT2D eigenvalue weighted by Crippen LogP contribution is 2.32. The maximum atomic E-state index is 4.16. The van der Waals surface area contributed by atoms with Crippen molar-refractivity contribution in [1.82, 2.24) is 0 Å². The topological polar surface area (TPSA) is 0 Å². The van der Waals surface area contributed by atoms with Gasteiger partial charge >= 0.3 is 0 Å². The molecule has 0 bridgehead atoms. The van der Waals surface area contributed by atoms with Crippen LogP contribution in [0.4, 0.5) is 0 Å². The number of rotatable bonds is 6. The standard InChI is InChI=1S/C13H27/c1-7-9-13(11(5)8-2)12(6)10(3)4/h10-13H,3,7-9H2,1-2,4-6H3. The second kappa shape index (κ2) is 6.45. The predicted molar refractivity (Wildman–Crippen MR) is 61.5 cm³/mol. The molecular weight excluding hydrogens is 156 g/mol. The van der Waals surface area contributed by atoms with Crippen molar-refractivity contribution in [3.8, 4) is 0 Å². The highest BCUT2D eigenvalue weighted by Gasteiger charge is 2.23. The van der Waals surface area contributed by atoms with Crippen molar-refractivity contribution in [2.75, 3.05) is 0 Å². The zero-order valence-corrected chi connectivity index (χ0v) is 10.1. The molecular formula is C13H27. The first-order valence-corrected chi connectivity index (χ1v) is 5.87. The minimum absolute atomic E-state index is 0.588. The third kappa shape index (κ3) is 4.15. The summed E-state index contributed by atoms with van der Waals surface area (Å²) in [5.74, 6) is 3.10. The molecule has 0 rings (SSSR count). The minimum Gasteiger partial charge on any atom is -0.0654 e. The van der Waals surface area contributed by atoms with Gasteiger partial charge in [-0.2, -0.15) is 0 Å². The van der Waals surface area contributed by atoms with Crippen molar-refractivity contribution in [2.45, 2.75) is 53.9 Å². The van der Waals surface area contributed by atoms with Crippen LogP contribution in [0.15, 0.2) is 0 Å². The Balaban J connectivity index is 4.22. The molecule has 0 nitrogen and oxygen atoms in total. The molecule has 0 N–H and O–H groups in total. The Labute approximate surface area is 85.1 Å². The van der Waals surface area contributed by atoms with E-state index < -0.39 is 0 Å². The summed E-state index contributed by atoms with van der Waals surface area (Å²) in [6.07, 6.45) is 3.99. The van der Waals surface area contributed by atoms with E-state index in [2.05, 4.69) is 41.5 Å². The summed E-state index contributed by atoms with van der Waals surface area (Å²) in [6.45, 7) is 15.7. The Morgan fingerprint density at radius 3 is 1.92 bits per heavy atom. The molecule has 0 heteroatoms. The fourth-order valence-corrected chi connectivity index (χ4v) is 2.12. The molecule has 0 aliphatic rings. The predicted octanol–water partition coefficient (Wildman–Crippen LogP) is 4.56. The van der Waals surface area contributed by atoms with Crippen LogP contribution in [0.3, 0.4) is 0 Å². The summed E-state index contributed by atoms with van der Waals surface area (Å²) in [5.41, 5.74) is 0. The van der Waals surface area contributed by atoms with Gasteiger partial charge in [0.2, 0.25) is 0 Å². The van der Waals surface area contributed by atoms with E-state index in [1.54, 1.807) is 0 Å².